The van der Waals surface area contributed by atoms with Crippen molar-refractivity contribution in [3.05, 3.63) is 47.7 Å². The molecule has 2 amide bonds. The Balaban J connectivity index is 1.28. The Morgan fingerprint density at radius 2 is 2.03 bits per heavy atom. The summed E-state index contributed by atoms with van der Waals surface area (Å²) in [6, 6.07) is 3.66. The summed E-state index contributed by atoms with van der Waals surface area (Å²) in [4.78, 5) is 32.8. The van der Waals surface area contributed by atoms with Crippen molar-refractivity contribution in [2.45, 2.75) is 52.2 Å². The lowest BCUT2D eigenvalue weighted by Gasteiger charge is -2.41. The molecule has 0 unspecified atom stereocenters. The van der Waals surface area contributed by atoms with E-state index < -0.39 is 5.41 Å². The number of hydrogen-bond donors (Lipinski definition) is 1. The fraction of sp³-hybridized carbons (Fsp3) is 0.520. The molecular formula is C25H31N7O4. The van der Waals surface area contributed by atoms with Crippen molar-refractivity contribution in [3.8, 4) is 11.3 Å². The molecule has 0 aromatic carbocycles. The molecule has 11 heteroatoms. The number of fused-ring (bicyclic) bond motifs is 2. The van der Waals surface area contributed by atoms with Gasteiger partial charge in [0.2, 0.25) is 5.91 Å². The molecule has 1 N–H and O–H groups in total. The van der Waals surface area contributed by atoms with Crippen LogP contribution in [-0.2, 0) is 22.7 Å². The van der Waals surface area contributed by atoms with Gasteiger partial charge in [0.05, 0.1) is 24.8 Å². The molecule has 11 nitrogen and oxygen atoms in total. The third-order valence-electron chi connectivity index (χ3n) is 7.16. The maximum Gasteiger partial charge on any atom is 0.259 e. The highest BCUT2D eigenvalue weighted by Gasteiger charge is 2.42. The van der Waals surface area contributed by atoms with E-state index in [4.69, 9.17) is 9.26 Å². The lowest BCUT2D eigenvalue weighted by atomic mass is 9.73. The second-order valence-corrected chi connectivity index (χ2v) is 9.52. The number of aromatic nitrogens is 5. The van der Waals surface area contributed by atoms with Gasteiger partial charge in [-0.1, -0.05) is 16.8 Å². The van der Waals surface area contributed by atoms with Gasteiger partial charge in [-0.15, -0.1) is 5.10 Å². The van der Waals surface area contributed by atoms with Crippen molar-refractivity contribution >= 4 is 11.8 Å². The fourth-order valence-electron chi connectivity index (χ4n) is 5.06. The van der Waals surface area contributed by atoms with Gasteiger partial charge in [0.15, 0.2) is 0 Å². The number of aryl methyl sites for hydroxylation is 2. The Morgan fingerprint density at radius 3 is 2.83 bits per heavy atom. The van der Waals surface area contributed by atoms with Crippen LogP contribution in [0.3, 0.4) is 0 Å². The van der Waals surface area contributed by atoms with Crippen LogP contribution in [0.2, 0.25) is 0 Å². The molecule has 5 rings (SSSR count). The first-order valence-corrected chi connectivity index (χ1v) is 12.5. The average Bonchev–Trinajstić information content (AvgIpc) is 3.52. The molecule has 3 aromatic heterocycles. The van der Waals surface area contributed by atoms with Crippen LogP contribution in [-0.4, -0.2) is 68.1 Å². The Bertz CT molecular complexity index is 1200. The molecule has 0 aliphatic carbocycles. The third-order valence-corrected chi connectivity index (χ3v) is 7.16. The summed E-state index contributed by atoms with van der Waals surface area (Å²) in [5, 5.41) is 15.5. The smallest absolute Gasteiger partial charge is 0.259 e. The molecule has 1 saturated heterocycles. The molecule has 2 bridgehead atoms. The van der Waals surface area contributed by atoms with Gasteiger partial charge in [-0.2, -0.15) is 0 Å². The highest BCUT2D eigenvalue weighted by Crippen LogP contribution is 2.38. The van der Waals surface area contributed by atoms with E-state index in [1.807, 2.05) is 21.8 Å². The predicted molar refractivity (Wildman–Crippen MR) is 129 cm³/mol. The van der Waals surface area contributed by atoms with E-state index in [0.29, 0.717) is 62.7 Å². The van der Waals surface area contributed by atoms with E-state index in [0.717, 1.165) is 37.1 Å². The topological polar surface area (TPSA) is 128 Å². The zero-order chi connectivity index (χ0) is 25.0. The fourth-order valence-corrected chi connectivity index (χ4v) is 5.06. The summed E-state index contributed by atoms with van der Waals surface area (Å²) in [5.41, 5.74) is 1.97. The van der Waals surface area contributed by atoms with Crippen molar-refractivity contribution in [2.75, 3.05) is 26.2 Å². The van der Waals surface area contributed by atoms with Gasteiger partial charge in [0.1, 0.15) is 22.7 Å². The number of ether oxygens (including phenoxy) is 1. The molecule has 2 aliphatic heterocycles. The monoisotopic (exact) mass is 493 g/mol. The van der Waals surface area contributed by atoms with Crippen molar-refractivity contribution in [3.63, 3.8) is 0 Å². The van der Waals surface area contributed by atoms with Crippen LogP contribution in [0, 0.1) is 12.3 Å². The zero-order valence-corrected chi connectivity index (χ0v) is 20.5. The number of carbonyl (C=O) groups excluding carboxylic acids is 2. The maximum atomic E-state index is 13.5. The molecule has 36 heavy (non-hydrogen) atoms. The van der Waals surface area contributed by atoms with Gasteiger partial charge >= 0.3 is 0 Å². The van der Waals surface area contributed by atoms with E-state index in [2.05, 4.69) is 25.8 Å². The first-order chi connectivity index (χ1) is 17.6. The molecule has 2 aliphatic rings. The van der Waals surface area contributed by atoms with Gasteiger partial charge < -0.3 is 19.5 Å². The number of pyridine rings is 1. The molecule has 3 aromatic rings. The number of piperidine rings is 1. The highest BCUT2D eigenvalue weighted by molar-refractivity contribution is 6.01. The summed E-state index contributed by atoms with van der Waals surface area (Å²) < 4.78 is 12.9. The minimum atomic E-state index is -0.510. The molecule has 1 fully saturated rings. The van der Waals surface area contributed by atoms with Gasteiger partial charge in [-0.25, -0.2) is 0 Å². The van der Waals surface area contributed by atoms with Gasteiger partial charge in [0.25, 0.3) is 5.91 Å². The van der Waals surface area contributed by atoms with Crippen LogP contribution in [0.5, 0.6) is 0 Å². The van der Waals surface area contributed by atoms with E-state index in [1.165, 1.54) is 0 Å². The largest absolute Gasteiger partial charge is 0.373 e. The molecule has 5 heterocycles. The number of hydrogen-bond acceptors (Lipinski definition) is 8. The highest BCUT2D eigenvalue weighted by atomic mass is 16.5. The quantitative estimate of drug-likeness (QED) is 0.576. The Hall–Kier alpha value is -3.60. The molecule has 0 radical (unpaired) electrons. The van der Waals surface area contributed by atoms with E-state index in [1.54, 1.807) is 25.4 Å². The van der Waals surface area contributed by atoms with Crippen molar-refractivity contribution in [1.82, 2.24) is 35.4 Å². The molecule has 0 saturated carbocycles. The van der Waals surface area contributed by atoms with Crippen molar-refractivity contribution < 1.29 is 18.8 Å². The van der Waals surface area contributed by atoms with Gasteiger partial charge in [0, 0.05) is 44.1 Å². The van der Waals surface area contributed by atoms with Crippen LogP contribution in [0.25, 0.3) is 11.3 Å². The number of likely N-dealkylation sites (tertiary alicyclic amines) is 1. The number of amides is 2. The summed E-state index contributed by atoms with van der Waals surface area (Å²) in [5.74, 6) is 0.398. The van der Waals surface area contributed by atoms with Crippen LogP contribution < -0.4 is 5.32 Å². The Kier molecular flexibility index (Phi) is 7.08. The lowest BCUT2D eigenvalue weighted by Crippen LogP contribution is -2.50. The normalized spacial score (nSPS) is 19.0. The summed E-state index contributed by atoms with van der Waals surface area (Å²) >= 11 is 0. The van der Waals surface area contributed by atoms with E-state index >= 15 is 0 Å². The molecular weight excluding hydrogens is 462 g/mol. The average molecular weight is 494 g/mol. The first-order valence-electron chi connectivity index (χ1n) is 12.5. The standard InChI is InChI=1S/C25H31N7O4/c1-18-21(22(29-36-18)19-5-4-9-26-15-19)23(33)31-12-7-25(8-13-31)6-2-3-11-32-16-20(28-30-32)17-35-14-10-27-24(25)34/h4-5,9,15-16H,2-3,6-8,10-14,17H2,1H3,(H,27,34). The van der Waals surface area contributed by atoms with Gasteiger partial charge in [-0.3, -0.25) is 19.3 Å². The molecule has 1 spiro atoms. The lowest BCUT2D eigenvalue weighted by molar-refractivity contribution is -0.134. The number of carbonyl (C=O) groups is 2. The Labute approximate surface area is 209 Å². The molecule has 190 valence electrons. The van der Waals surface area contributed by atoms with Crippen molar-refractivity contribution in [1.29, 1.82) is 0 Å². The summed E-state index contributed by atoms with van der Waals surface area (Å²) in [6.45, 7) is 4.70. The molecule has 0 atom stereocenters. The Morgan fingerprint density at radius 1 is 1.17 bits per heavy atom. The van der Waals surface area contributed by atoms with Crippen LogP contribution >= 0.6 is 0 Å². The van der Waals surface area contributed by atoms with Gasteiger partial charge in [-0.05, 0) is 44.7 Å². The van der Waals surface area contributed by atoms with Crippen molar-refractivity contribution in [2.24, 2.45) is 5.41 Å². The predicted octanol–water partition coefficient (Wildman–Crippen LogP) is 2.38. The number of nitrogens with zero attached hydrogens (tertiary/aromatic N) is 6. The van der Waals surface area contributed by atoms with E-state index in [9.17, 15) is 9.59 Å². The minimum absolute atomic E-state index is 0.0457. The first kappa shape index (κ1) is 24.1. The zero-order valence-electron chi connectivity index (χ0n) is 20.5. The maximum absolute atomic E-state index is 13.5. The van der Waals surface area contributed by atoms with E-state index in [-0.39, 0.29) is 11.8 Å². The second-order valence-electron chi connectivity index (χ2n) is 9.52. The van der Waals surface area contributed by atoms with Crippen LogP contribution in [0.1, 0.15) is 53.9 Å². The second kappa shape index (κ2) is 10.6. The SMILES string of the molecule is Cc1onc(-c2cccnc2)c1C(=O)N1CCC2(CCCCn3cc(nn3)COCCNC2=O)CC1. The minimum Gasteiger partial charge on any atom is -0.373 e. The van der Waals surface area contributed by atoms with Crippen LogP contribution in [0.4, 0.5) is 0 Å². The summed E-state index contributed by atoms with van der Waals surface area (Å²) in [6.07, 6.45) is 9.01. The number of nitrogens with one attached hydrogen (secondary N) is 1. The summed E-state index contributed by atoms with van der Waals surface area (Å²) in [7, 11) is 0. The third kappa shape index (κ3) is 5.01. The van der Waals surface area contributed by atoms with Crippen LogP contribution in [0.15, 0.2) is 35.2 Å². The number of rotatable bonds is 2.